The van der Waals surface area contributed by atoms with Crippen LogP contribution in [0.3, 0.4) is 0 Å². The fraction of sp³-hybridized carbons (Fsp3) is 0. The molecule has 0 saturated carbocycles. The van der Waals surface area contributed by atoms with Gasteiger partial charge >= 0.3 is 7.69 Å². The first-order valence-electron chi connectivity index (χ1n) is 3.07. The smallest absolute Gasteiger partial charge is 0.430 e. The lowest BCUT2D eigenvalue weighted by Gasteiger charge is -1.81. The van der Waals surface area contributed by atoms with Crippen LogP contribution in [0.25, 0.3) is 0 Å². The SMILES string of the molecule is O=Cc1ccccc1.OBO. The van der Waals surface area contributed by atoms with Crippen LogP contribution in [-0.4, -0.2) is 24.0 Å². The van der Waals surface area contributed by atoms with E-state index in [2.05, 4.69) is 0 Å². The molecule has 0 heterocycles. The number of carbonyl (C=O) groups excluding carboxylic acids is 1. The molecule has 0 aliphatic carbocycles. The van der Waals surface area contributed by atoms with Crippen LogP contribution in [-0.2, 0) is 0 Å². The lowest BCUT2D eigenvalue weighted by Crippen LogP contribution is -1.75. The second kappa shape index (κ2) is 6.99. The van der Waals surface area contributed by atoms with Crippen molar-refractivity contribution in [3.63, 3.8) is 0 Å². The van der Waals surface area contributed by atoms with Crippen LogP contribution < -0.4 is 0 Å². The summed E-state index contributed by atoms with van der Waals surface area (Å²) < 4.78 is 0. The van der Waals surface area contributed by atoms with Crippen molar-refractivity contribution < 1.29 is 14.8 Å². The Labute approximate surface area is 65.6 Å². The highest BCUT2D eigenvalue weighted by atomic mass is 16.4. The van der Waals surface area contributed by atoms with Gasteiger partial charge in [-0.15, -0.1) is 0 Å². The van der Waals surface area contributed by atoms with Crippen LogP contribution in [0, 0.1) is 0 Å². The van der Waals surface area contributed by atoms with Crippen LogP contribution in [0.5, 0.6) is 0 Å². The van der Waals surface area contributed by atoms with E-state index in [1.165, 1.54) is 0 Å². The van der Waals surface area contributed by atoms with E-state index in [1.807, 2.05) is 18.2 Å². The molecule has 1 aromatic rings. The summed E-state index contributed by atoms with van der Waals surface area (Å²) in [5.74, 6) is 0. The molecule has 0 saturated heterocycles. The summed E-state index contributed by atoms with van der Waals surface area (Å²) in [5.41, 5.74) is 0.729. The van der Waals surface area contributed by atoms with Gasteiger partial charge in [-0.2, -0.15) is 0 Å². The van der Waals surface area contributed by atoms with Gasteiger partial charge in [0.1, 0.15) is 6.29 Å². The topological polar surface area (TPSA) is 57.5 Å². The van der Waals surface area contributed by atoms with Gasteiger partial charge in [-0.3, -0.25) is 4.79 Å². The van der Waals surface area contributed by atoms with Crippen molar-refractivity contribution >= 4 is 14.0 Å². The Hall–Kier alpha value is -1.13. The third kappa shape index (κ3) is 5.33. The molecule has 1 rings (SSSR count). The Morgan fingerprint density at radius 3 is 1.91 bits per heavy atom. The van der Waals surface area contributed by atoms with E-state index in [9.17, 15) is 4.79 Å². The fourth-order valence-electron chi connectivity index (χ4n) is 0.532. The van der Waals surface area contributed by atoms with Gasteiger partial charge in [0.25, 0.3) is 0 Å². The van der Waals surface area contributed by atoms with Gasteiger partial charge in [-0.05, 0) is 0 Å². The number of aldehydes is 1. The van der Waals surface area contributed by atoms with Gasteiger partial charge in [0.05, 0.1) is 0 Å². The normalized spacial score (nSPS) is 7.45. The molecule has 4 heteroatoms. The minimum absolute atomic E-state index is 0.729. The van der Waals surface area contributed by atoms with Crippen LogP contribution in [0.15, 0.2) is 30.3 Å². The van der Waals surface area contributed by atoms with Crippen LogP contribution in [0.2, 0.25) is 0 Å². The van der Waals surface area contributed by atoms with E-state index < -0.39 is 7.69 Å². The van der Waals surface area contributed by atoms with Crippen LogP contribution in [0.1, 0.15) is 10.4 Å². The first kappa shape index (κ1) is 9.87. The maximum Gasteiger partial charge on any atom is 0.432 e. The van der Waals surface area contributed by atoms with Crippen molar-refractivity contribution in [1.82, 2.24) is 0 Å². The minimum Gasteiger partial charge on any atom is -0.430 e. The molecule has 0 aliphatic heterocycles. The highest BCUT2D eigenvalue weighted by Gasteiger charge is 1.79. The van der Waals surface area contributed by atoms with Crippen LogP contribution >= 0.6 is 0 Å². The van der Waals surface area contributed by atoms with Gasteiger partial charge in [0.2, 0.25) is 0 Å². The average Bonchev–Trinajstić information content (AvgIpc) is 2.08. The van der Waals surface area contributed by atoms with Crippen LogP contribution in [0.4, 0.5) is 0 Å². The Morgan fingerprint density at radius 2 is 1.64 bits per heavy atom. The molecule has 0 fully saturated rings. The van der Waals surface area contributed by atoms with E-state index in [1.54, 1.807) is 12.1 Å². The van der Waals surface area contributed by atoms with E-state index in [-0.39, 0.29) is 0 Å². The second-order valence-corrected chi connectivity index (χ2v) is 1.67. The maximum atomic E-state index is 10.0. The fourth-order valence-corrected chi connectivity index (χ4v) is 0.532. The highest BCUT2D eigenvalue weighted by molar-refractivity contribution is 6.13. The zero-order chi connectivity index (χ0) is 8.53. The zero-order valence-electron chi connectivity index (χ0n) is 5.97. The summed E-state index contributed by atoms with van der Waals surface area (Å²) in [6.45, 7) is 0. The van der Waals surface area contributed by atoms with Crippen molar-refractivity contribution in [2.75, 3.05) is 0 Å². The summed E-state index contributed by atoms with van der Waals surface area (Å²) in [5, 5.41) is 14.2. The zero-order valence-corrected chi connectivity index (χ0v) is 5.97. The molecular formula is C7H9BO3. The van der Waals surface area contributed by atoms with Crippen molar-refractivity contribution in [2.45, 2.75) is 0 Å². The molecule has 0 atom stereocenters. The molecule has 0 bridgehead atoms. The molecule has 0 aliphatic rings. The Bertz CT molecular complexity index is 188. The number of rotatable bonds is 1. The first-order valence-corrected chi connectivity index (χ1v) is 3.07. The van der Waals surface area contributed by atoms with E-state index >= 15 is 0 Å². The van der Waals surface area contributed by atoms with Crippen molar-refractivity contribution in [3.05, 3.63) is 35.9 Å². The summed E-state index contributed by atoms with van der Waals surface area (Å²) in [7, 11) is -0.750. The van der Waals surface area contributed by atoms with Gasteiger partial charge in [-0.25, -0.2) is 0 Å². The first-order chi connectivity index (χ1) is 5.35. The third-order valence-corrected chi connectivity index (χ3v) is 0.936. The highest BCUT2D eigenvalue weighted by Crippen LogP contribution is 1.91. The van der Waals surface area contributed by atoms with Gasteiger partial charge < -0.3 is 10.0 Å². The Kier molecular flexibility index (Phi) is 6.27. The standard InChI is InChI=1S/C7H6O.BH3O2/c8-6-7-4-2-1-3-5-7;2-1-3/h1-6H;1-3H. The summed E-state index contributed by atoms with van der Waals surface area (Å²) in [6.07, 6.45) is 0.833. The number of benzene rings is 1. The molecule has 11 heavy (non-hydrogen) atoms. The summed E-state index contributed by atoms with van der Waals surface area (Å²) in [4.78, 5) is 10.0. The van der Waals surface area contributed by atoms with Crippen molar-refractivity contribution in [3.8, 4) is 0 Å². The molecule has 0 aromatic heterocycles. The van der Waals surface area contributed by atoms with Gasteiger partial charge in [-0.1, -0.05) is 30.3 Å². The quantitative estimate of drug-likeness (QED) is 0.430. The summed E-state index contributed by atoms with van der Waals surface area (Å²) in [6, 6.07) is 9.10. The monoisotopic (exact) mass is 152 g/mol. The molecule has 0 spiro atoms. The predicted molar refractivity (Wildman–Crippen MR) is 43.4 cm³/mol. The maximum absolute atomic E-state index is 10.0. The minimum atomic E-state index is -0.750. The molecule has 58 valence electrons. The van der Waals surface area contributed by atoms with Crippen molar-refractivity contribution in [1.29, 1.82) is 0 Å². The average molecular weight is 152 g/mol. The largest absolute Gasteiger partial charge is 0.432 e. The predicted octanol–water partition coefficient (Wildman–Crippen LogP) is -0.263. The summed E-state index contributed by atoms with van der Waals surface area (Å²) >= 11 is 0. The molecule has 3 nitrogen and oxygen atoms in total. The number of carbonyl (C=O) groups is 1. The number of hydrogen-bond donors (Lipinski definition) is 2. The Morgan fingerprint density at radius 1 is 1.18 bits per heavy atom. The molecule has 0 radical (unpaired) electrons. The van der Waals surface area contributed by atoms with Gasteiger partial charge in [0, 0.05) is 5.56 Å². The molecular weight excluding hydrogens is 143 g/mol. The molecule has 0 amide bonds. The van der Waals surface area contributed by atoms with Gasteiger partial charge in [0.15, 0.2) is 0 Å². The van der Waals surface area contributed by atoms with Crippen molar-refractivity contribution in [2.24, 2.45) is 0 Å². The van der Waals surface area contributed by atoms with E-state index in [0.717, 1.165) is 11.8 Å². The van der Waals surface area contributed by atoms with E-state index in [0.29, 0.717) is 0 Å². The second-order valence-electron chi connectivity index (χ2n) is 1.67. The molecule has 1 aromatic carbocycles. The third-order valence-electron chi connectivity index (χ3n) is 0.936. The number of hydrogen-bond acceptors (Lipinski definition) is 3. The van der Waals surface area contributed by atoms with E-state index in [4.69, 9.17) is 10.0 Å². The lowest BCUT2D eigenvalue weighted by molar-refractivity contribution is 0.112. The Balaban J connectivity index is 0.000000292. The lowest BCUT2D eigenvalue weighted by atomic mass is 10.2. The molecule has 0 unspecified atom stereocenters. The molecule has 2 N–H and O–H groups in total.